The standard InChI is InChI=1S/C16H17NO4/c1-10(16(19)20)17-15(18)11(2)21-14-9-5-7-12-6-3-4-8-13(12)14/h3-11H,1-2H3,(H,17,18)(H,19,20)/t10-,11?/m1/s1. The van der Waals surface area contributed by atoms with Gasteiger partial charge in [-0.1, -0.05) is 36.4 Å². The highest BCUT2D eigenvalue weighted by Gasteiger charge is 2.20. The fraction of sp³-hybridized carbons (Fsp3) is 0.250. The number of carbonyl (C=O) groups is 2. The van der Waals surface area contributed by atoms with Crippen molar-refractivity contribution < 1.29 is 19.4 Å². The number of benzene rings is 2. The molecule has 0 bridgehead atoms. The first-order valence-electron chi connectivity index (χ1n) is 6.66. The van der Waals surface area contributed by atoms with E-state index in [0.29, 0.717) is 5.75 Å². The van der Waals surface area contributed by atoms with E-state index < -0.39 is 24.0 Å². The van der Waals surface area contributed by atoms with Crippen molar-refractivity contribution in [3.05, 3.63) is 42.5 Å². The second kappa shape index (κ2) is 6.26. The first-order chi connectivity index (χ1) is 9.99. The van der Waals surface area contributed by atoms with Crippen LogP contribution in [0.2, 0.25) is 0 Å². The highest BCUT2D eigenvalue weighted by atomic mass is 16.5. The molecule has 2 N–H and O–H groups in total. The Hall–Kier alpha value is -2.56. The van der Waals surface area contributed by atoms with Crippen molar-refractivity contribution in [3.8, 4) is 5.75 Å². The van der Waals surface area contributed by atoms with Gasteiger partial charge in [-0.3, -0.25) is 9.59 Å². The van der Waals surface area contributed by atoms with Crippen molar-refractivity contribution in [2.45, 2.75) is 26.0 Å². The Morgan fingerprint density at radius 1 is 1.10 bits per heavy atom. The number of hydrogen-bond donors (Lipinski definition) is 2. The van der Waals surface area contributed by atoms with Crippen LogP contribution in [0.15, 0.2) is 42.5 Å². The third-order valence-electron chi connectivity index (χ3n) is 3.15. The van der Waals surface area contributed by atoms with E-state index in [-0.39, 0.29) is 0 Å². The van der Waals surface area contributed by atoms with Gasteiger partial charge in [-0.05, 0) is 25.3 Å². The van der Waals surface area contributed by atoms with Gasteiger partial charge in [0.15, 0.2) is 6.10 Å². The molecule has 0 heterocycles. The fourth-order valence-corrected chi connectivity index (χ4v) is 1.93. The van der Waals surface area contributed by atoms with Crippen molar-refractivity contribution in [1.29, 1.82) is 0 Å². The Labute approximate surface area is 122 Å². The van der Waals surface area contributed by atoms with Crippen molar-refractivity contribution in [1.82, 2.24) is 5.32 Å². The molecule has 5 nitrogen and oxygen atoms in total. The minimum atomic E-state index is -1.08. The third kappa shape index (κ3) is 3.51. The number of amides is 1. The molecule has 0 aliphatic rings. The van der Waals surface area contributed by atoms with Gasteiger partial charge < -0.3 is 15.2 Å². The first-order valence-corrected chi connectivity index (χ1v) is 6.66. The zero-order valence-electron chi connectivity index (χ0n) is 11.9. The lowest BCUT2D eigenvalue weighted by molar-refractivity contribution is -0.142. The van der Waals surface area contributed by atoms with Crippen LogP contribution >= 0.6 is 0 Å². The number of hydrogen-bond acceptors (Lipinski definition) is 3. The lowest BCUT2D eigenvalue weighted by Gasteiger charge is -2.17. The molecule has 5 heteroatoms. The Bertz CT molecular complexity index is 663. The number of aliphatic carboxylic acids is 1. The Balaban J connectivity index is 2.13. The van der Waals surface area contributed by atoms with Crippen molar-refractivity contribution in [2.75, 3.05) is 0 Å². The maximum atomic E-state index is 11.9. The zero-order chi connectivity index (χ0) is 15.4. The van der Waals surface area contributed by atoms with E-state index in [0.717, 1.165) is 10.8 Å². The van der Waals surface area contributed by atoms with Gasteiger partial charge in [0.25, 0.3) is 5.91 Å². The molecule has 110 valence electrons. The van der Waals surface area contributed by atoms with Gasteiger partial charge >= 0.3 is 5.97 Å². The Kier molecular flexibility index (Phi) is 4.42. The first kappa shape index (κ1) is 14.8. The van der Waals surface area contributed by atoms with Crippen LogP contribution in [-0.4, -0.2) is 29.1 Å². The minimum absolute atomic E-state index is 0.460. The fourth-order valence-electron chi connectivity index (χ4n) is 1.93. The predicted octanol–water partition coefficient (Wildman–Crippen LogP) is 2.20. The summed E-state index contributed by atoms with van der Waals surface area (Å²) >= 11 is 0. The van der Waals surface area contributed by atoms with Gasteiger partial charge in [-0.2, -0.15) is 0 Å². The van der Waals surface area contributed by atoms with Gasteiger partial charge in [0.2, 0.25) is 0 Å². The number of nitrogens with one attached hydrogen (secondary N) is 1. The van der Waals surface area contributed by atoms with Crippen LogP contribution in [-0.2, 0) is 9.59 Å². The minimum Gasteiger partial charge on any atom is -0.480 e. The highest BCUT2D eigenvalue weighted by Crippen LogP contribution is 2.25. The van der Waals surface area contributed by atoms with E-state index in [2.05, 4.69) is 5.32 Å². The van der Waals surface area contributed by atoms with Crippen LogP contribution in [0.5, 0.6) is 5.75 Å². The third-order valence-corrected chi connectivity index (χ3v) is 3.15. The number of carbonyl (C=O) groups excluding carboxylic acids is 1. The Morgan fingerprint density at radius 3 is 2.48 bits per heavy atom. The summed E-state index contributed by atoms with van der Waals surface area (Å²) in [6.07, 6.45) is -0.780. The number of ether oxygens (including phenoxy) is 1. The van der Waals surface area contributed by atoms with Crippen LogP contribution in [0.1, 0.15) is 13.8 Å². The number of carboxylic acids is 1. The monoisotopic (exact) mass is 287 g/mol. The van der Waals surface area contributed by atoms with Crippen molar-refractivity contribution >= 4 is 22.6 Å². The summed E-state index contributed by atoms with van der Waals surface area (Å²) in [6.45, 7) is 3.00. The molecule has 0 radical (unpaired) electrons. The lowest BCUT2D eigenvalue weighted by Crippen LogP contribution is -2.44. The Morgan fingerprint density at radius 2 is 1.76 bits per heavy atom. The van der Waals surface area contributed by atoms with Crippen LogP contribution in [0.25, 0.3) is 10.8 Å². The maximum Gasteiger partial charge on any atom is 0.325 e. The predicted molar refractivity (Wildman–Crippen MR) is 79.3 cm³/mol. The SMILES string of the molecule is CC(Oc1cccc2ccccc12)C(=O)N[C@H](C)C(=O)O. The molecule has 0 fully saturated rings. The second-order valence-electron chi connectivity index (χ2n) is 4.81. The van der Waals surface area contributed by atoms with Gasteiger partial charge in [0, 0.05) is 5.39 Å². The molecule has 0 aliphatic heterocycles. The molecular formula is C16H17NO4. The van der Waals surface area contributed by atoms with Gasteiger partial charge in [0.1, 0.15) is 11.8 Å². The summed E-state index contributed by atoms with van der Waals surface area (Å²) in [5.74, 6) is -0.947. The van der Waals surface area contributed by atoms with Crippen molar-refractivity contribution in [3.63, 3.8) is 0 Å². The summed E-state index contributed by atoms with van der Waals surface area (Å²) < 4.78 is 5.67. The molecule has 21 heavy (non-hydrogen) atoms. The van der Waals surface area contributed by atoms with Crippen LogP contribution in [0.3, 0.4) is 0 Å². The van der Waals surface area contributed by atoms with E-state index in [1.165, 1.54) is 6.92 Å². The average molecular weight is 287 g/mol. The molecule has 0 aromatic heterocycles. The summed E-state index contributed by atoms with van der Waals surface area (Å²) in [5.41, 5.74) is 0. The van der Waals surface area contributed by atoms with Gasteiger partial charge in [-0.15, -0.1) is 0 Å². The number of rotatable bonds is 5. The van der Waals surface area contributed by atoms with Crippen molar-refractivity contribution in [2.24, 2.45) is 0 Å². The van der Waals surface area contributed by atoms with E-state index in [4.69, 9.17) is 9.84 Å². The molecule has 2 rings (SSSR count). The summed E-state index contributed by atoms with van der Waals surface area (Å²) in [5, 5.41) is 13.1. The summed E-state index contributed by atoms with van der Waals surface area (Å²) in [7, 11) is 0. The average Bonchev–Trinajstić information content (AvgIpc) is 2.47. The molecule has 1 amide bonds. The molecule has 0 saturated carbocycles. The summed E-state index contributed by atoms with van der Waals surface area (Å²) in [4.78, 5) is 22.6. The van der Waals surface area contributed by atoms with Gasteiger partial charge in [0.05, 0.1) is 0 Å². The second-order valence-corrected chi connectivity index (χ2v) is 4.81. The summed E-state index contributed by atoms with van der Waals surface area (Å²) in [6, 6.07) is 12.3. The van der Waals surface area contributed by atoms with Crippen LogP contribution in [0, 0.1) is 0 Å². The van der Waals surface area contributed by atoms with Crippen LogP contribution < -0.4 is 10.1 Å². The molecular weight excluding hydrogens is 270 g/mol. The molecule has 0 saturated heterocycles. The lowest BCUT2D eigenvalue weighted by atomic mass is 10.1. The smallest absolute Gasteiger partial charge is 0.325 e. The zero-order valence-corrected chi connectivity index (χ0v) is 11.9. The molecule has 2 aromatic rings. The van der Waals surface area contributed by atoms with E-state index in [9.17, 15) is 9.59 Å². The molecule has 1 unspecified atom stereocenters. The van der Waals surface area contributed by atoms with E-state index >= 15 is 0 Å². The largest absolute Gasteiger partial charge is 0.480 e. The molecule has 2 atom stereocenters. The van der Waals surface area contributed by atoms with Crippen LogP contribution in [0.4, 0.5) is 0 Å². The van der Waals surface area contributed by atoms with Gasteiger partial charge in [-0.25, -0.2) is 0 Å². The quantitative estimate of drug-likeness (QED) is 0.884. The van der Waals surface area contributed by atoms with E-state index in [1.54, 1.807) is 13.0 Å². The number of fused-ring (bicyclic) bond motifs is 1. The van der Waals surface area contributed by atoms with E-state index in [1.807, 2.05) is 36.4 Å². The highest BCUT2D eigenvalue weighted by molar-refractivity contribution is 5.89. The normalized spacial score (nSPS) is 13.4. The topological polar surface area (TPSA) is 75.6 Å². The maximum absolute atomic E-state index is 11.9. The molecule has 2 aromatic carbocycles. The molecule has 0 aliphatic carbocycles. The molecule has 0 spiro atoms. The number of carboxylic acid groups (broad SMARTS) is 1.